The number of anilines is 2. The lowest BCUT2D eigenvalue weighted by Gasteiger charge is -2.16. The molecule has 1 N–H and O–H groups in total. The Balaban J connectivity index is 1.66. The molecule has 1 aliphatic heterocycles. The molecule has 2 aromatic rings. The highest BCUT2D eigenvalue weighted by Gasteiger charge is 2.30. The second-order valence-corrected chi connectivity index (χ2v) is 6.22. The van der Waals surface area contributed by atoms with Crippen molar-refractivity contribution < 1.29 is 28.3 Å². The molecule has 1 aliphatic rings. The third-order valence-electron chi connectivity index (χ3n) is 4.16. The summed E-state index contributed by atoms with van der Waals surface area (Å²) in [4.78, 5) is 49.2. The molecule has 0 radical (unpaired) electrons. The number of hydrogen-bond acceptors (Lipinski definition) is 5. The van der Waals surface area contributed by atoms with Crippen molar-refractivity contribution in [2.75, 3.05) is 10.2 Å². The second kappa shape index (κ2) is 7.99. The first kappa shape index (κ1) is 19.2. The molecule has 0 saturated carbocycles. The Labute approximate surface area is 160 Å². The zero-order chi connectivity index (χ0) is 20.3. The molecule has 7 nitrogen and oxygen atoms in total. The van der Waals surface area contributed by atoms with Gasteiger partial charge in [-0.05, 0) is 49.4 Å². The van der Waals surface area contributed by atoms with E-state index in [2.05, 4.69) is 5.32 Å². The number of esters is 1. The average Bonchev–Trinajstić information content (AvgIpc) is 3.01. The number of benzene rings is 2. The van der Waals surface area contributed by atoms with Gasteiger partial charge in [-0.1, -0.05) is 6.07 Å². The molecule has 1 saturated heterocycles. The van der Waals surface area contributed by atoms with E-state index in [4.69, 9.17) is 4.74 Å². The molecule has 0 spiro atoms. The van der Waals surface area contributed by atoms with Gasteiger partial charge in [0.1, 0.15) is 5.82 Å². The molecule has 2 aromatic carbocycles. The number of ether oxygens (including phenoxy) is 1. The molecule has 1 atom stereocenters. The fourth-order valence-corrected chi connectivity index (χ4v) is 2.70. The number of hydrogen-bond donors (Lipinski definition) is 1. The Hall–Kier alpha value is -3.55. The van der Waals surface area contributed by atoms with Crippen LogP contribution in [0.1, 0.15) is 30.1 Å². The summed E-state index contributed by atoms with van der Waals surface area (Å²) < 4.78 is 18.1. The van der Waals surface area contributed by atoms with Crippen molar-refractivity contribution in [3.63, 3.8) is 0 Å². The zero-order valence-corrected chi connectivity index (χ0v) is 15.0. The number of halogens is 1. The molecule has 8 heteroatoms. The van der Waals surface area contributed by atoms with Crippen LogP contribution >= 0.6 is 0 Å². The van der Waals surface area contributed by atoms with E-state index in [1.165, 1.54) is 49.4 Å². The number of carbonyl (C=O) groups excluding carboxylic acids is 4. The van der Waals surface area contributed by atoms with Crippen LogP contribution in [-0.2, 0) is 19.1 Å². The molecule has 144 valence electrons. The van der Waals surface area contributed by atoms with Crippen LogP contribution in [0.2, 0.25) is 0 Å². The highest BCUT2D eigenvalue weighted by molar-refractivity contribution is 6.20. The van der Waals surface area contributed by atoms with Gasteiger partial charge in [0.15, 0.2) is 6.10 Å². The van der Waals surface area contributed by atoms with E-state index < -0.39 is 23.8 Å². The first-order chi connectivity index (χ1) is 13.3. The smallest absolute Gasteiger partial charge is 0.338 e. The quantitative estimate of drug-likeness (QED) is 0.632. The molecular weight excluding hydrogens is 367 g/mol. The lowest BCUT2D eigenvalue weighted by molar-refractivity contribution is -0.124. The van der Waals surface area contributed by atoms with Crippen LogP contribution in [0.4, 0.5) is 15.8 Å². The summed E-state index contributed by atoms with van der Waals surface area (Å²) >= 11 is 0. The van der Waals surface area contributed by atoms with Crippen molar-refractivity contribution in [3.05, 3.63) is 59.9 Å². The summed E-state index contributed by atoms with van der Waals surface area (Å²) in [6.07, 6.45) is -0.849. The summed E-state index contributed by atoms with van der Waals surface area (Å²) in [5, 5.41) is 2.51. The van der Waals surface area contributed by atoms with Crippen LogP contribution in [0, 0.1) is 5.82 Å². The van der Waals surface area contributed by atoms with E-state index >= 15 is 0 Å². The normalized spacial score (nSPS) is 14.7. The minimum Gasteiger partial charge on any atom is -0.449 e. The Morgan fingerprint density at radius 1 is 1.07 bits per heavy atom. The van der Waals surface area contributed by atoms with Crippen molar-refractivity contribution in [2.24, 2.45) is 0 Å². The molecule has 0 aromatic heterocycles. The van der Waals surface area contributed by atoms with E-state index in [1.54, 1.807) is 6.07 Å². The third-order valence-corrected chi connectivity index (χ3v) is 4.16. The molecule has 3 amide bonds. The van der Waals surface area contributed by atoms with E-state index in [0.29, 0.717) is 5.69 Å². The minimum atomic E-state index is -1.11. The van der Waals surface area contributed by atoms with Crippen LogP contribution in [0.25, 0.3) is 0 Å². The monoisotopic (exact) mass is 384 g/mol. The predicted octanol–water partition coefficient (Wildman–Crippen LogP) is 2.66. The van der Waals surface area contributed by atoms with E-state index in [0.717, 1.165) is 4.90 Å². The van der Waals surface area contributed by atoms with Crippen LogP contribution in [0.3, 0.4) is 0 Å². The lowest BCUT2D eigenvalue weighted by Crippen LogP contribution is -2.30. The molecule has 1 heterocycles. The number of carbonyl (C=O) groups is 4. The Kier molecular flexibility index (Phi) is 5.49. The van der Waals surface area contributed by atoms with Crippen LogP contribution in [-0.4, -0.2) is 29.8 Å². The zero-order valence-electron chi connectivity index (χ0n) is 15.0. The summed E-state index contributed by atoms with van der Waals surface area (Å²) in [6.45, 7) is 1.40. The van der Waals surface area contributed by atoms with Crippen molar-refractivity contribution >= 4 is 35.1 Å². The SMILES string of the molecule is C[C@H](OC(=O)c1cccc(N2C(=O)CCC2=O)c1)C(=O)Nc1ccc(F)cc1. The number of amides is 3. The summed E-state index contributed by atoms with van der Waals surface area (Å²) in [6, 6.07) is 11.0. The molecule has 1 fully saturated rings. The molecule has 28 heavy (non-hydrogen) atoms. The largest absolute Gasteiger partial charge is 0.449 e. The van der Waals surface area contributed by atoms with Crippen molar-refractivity contribution in [3.8, 4) is 0 Å². The van der Waals surface area contributed by atoms with Gasteiger partial charge in [0.25, 0.3) is 5.91 Å². The van der Waals surface area contributed by atoms with Crippen LogP contribution in [0.5, 0.6) is 0 Å². The summed E-state index contributed by atoms with van der Waals surface area (Å²) in [5.41, 5.74) is 0.749. The number of rotatable bonds is 5. The first-order valence-corrected chi connectivity index (χ1v) is 8.58. The van der Waals surface area contributed by atoms with Gasteiger partial charge in [-0.25, -0.2) is 9.18 Å². The maximum absolute atomic E-state index is 12.9. The van der Waals surface area contributed by atoms with Gasteiger partial charge in [-0.2, -0.15) is 0 Å². The Morgan fingerprint density at radius 2 is 1.71 bits per heavy atom. The molecule has 0 bridgehead atoms. The van der Waals surface area contributed by atoms with Gasteiger partial charge in [0.2, 0.25) is 11.8 Å². The number of nitrogens with one attached hydrogen (secondary N) is 1. The maximum Gasteiger partial charge on any atom is 0.338 e. The first-order valence-electron chi connectivity index (χ1n) is 8.58. The molecular formula is C20H17FN2O5. The molecule has 0 unspecified atom stereocenters. The maximum atomic E-state index is 12.9. The summed E-state index contributed by atoms with van der Waals surface area (Å²) in [7, 11) is 0. The molecule has 0 aliphatic carbocycles. The van der Waals surface area contributed by atoms with E-state index in [9.17, 15) is 23.6 Å². The van der Waals surface area contributed by atoms with Crippen LogP contribution < -0.4 is 10.2 Å². The second-order valence-electron chi connectivity index (χ2n) is 6.22. The summed E-state index contributed by atoms with van der Waals surface area (Å²) in [5.74, 6) is -2.46. The van der Waals surface area contributed by atoms with Crippen molar-refractivity contribution in [1.82, 2.24) is 0 Å². The van der Waals surface area contributed by atoms with Gasteiger partial charge >= 0.3 is 5.97 Å². The number of nitrogens with zero attached hydrogens (tertiary/aromatic N) is 1. The highest BCUT2D eigenvalue weighted by Crippen LogP contribution is 2.24. The minimum absolute atomic E-state index is 0.103. The Bertz CT molecular complexity index is 926. The van der Waals surface area contributed by atoms with Gasteiger partial charge in [0.05, 0.1) is 11.3 Å². The Morgan fingerprint density at radius 3 is 2.36 bits per heavy atom. The standard InChI is InChI=1S/C20H17FN2O5/c1-12(19(26)22-15-7-5-14(21)6-8-15)28-20(27)13-3-2-4-16(11-13)23-17(24)9-10-18(23)25/h2-8,11-12H,9-10H2,1H3,(H,22,26)/t12-/m0/s1. The van der Waals surface area contributed by atoms with Gasteiger partial charge in [0, 0.05) is 18.5 Å². The van der Waals surface area contributed by atoms with Gasteiger partial charge < -0.3 is 10.1 Å². The fourth-order valence-electron chi connectivity index (χ4n) is 2.70. The predicted molar refractivity (Wildman–Crippen MR) is 98.1 cm³/mol. The third kappa shape index (κ3) is 4.22. The fraction of sp³-hybridized carbons (Fsp3) is 0.200. The van der Waals surface area contributed by atoms with Crippen LogP contribution in [0.15, 0.2) is 48.5 Å². The topological polar surface area (TPSA) is 92.8 Å². The molecule has 3 rings (SSSR count). The van der Waals surface area contributed by atoms with E-state index in [-0.39, 0.29) is 35.9 Å². The lowest BCUT2D eigenvalue weighted by atomic mass is 10.2. The van der Waals surface area contributed by atoms with Crippen molar-refractivity contribution in [1.29, 1.82) is 0 Å². The number of imide groups is 1. The van der Waals surface area contributed by atoms with Gasteiger partial charge in [-0.3, -0.25) is 19.3 Å². The van der Waals surface area contributed by atoms with E-state index in [1.807, 2.05) is 0 Å². The highest BCUT2D eigenvalue weighted by atomic mass is 19.1. The van der Waals surface area contributed by atoms with Gasteiger partial charge in [-0.15, -0.1) is 0 Å². The average molecular weight is 384 g/mol. The van der Waals surface area contributed by atoms with Crippen molar-refractivity contribution in [2.45, 2.75) is 25.9 Å².